The lowest BCUT2D eigenvalue weighted by molar-refractivity contribution is -0.224. The van der Waals surface area contributed by atoms with Gasteiger partial charge in [-0.3, -0.25) is 0 Å². The summed E-state index contributed by atoms with van der Waals surface area (Å²) in [6, 6.07) is 2.24. The molecule has 26 heavy (non-hydrogen) atoms. The van der Waals surface area contributed by atoms with E-state index in [2.05, 4.69) is 4.98 Å². The predicted octanol–water partition coefficient (Wildman–Crippen LogP) is 3.33. The number of rotatable bonds is 7. The molecule has 1 unspecified atom stereocenters. The van der Waals surface area contributed by atoms with Gasteiger partial charge in [-0.05, 0) is 12.5 Å². The maximum Gasteiger partial charge on any atom is 0.429 e. The third-order valence-corrected chi connectivity index (χ3v) is 4.56. The molecule has 1 atom stereocenters. The van der Waals surface area contributed by atoms with Gasteiger partial charge in [0, 0.05) is 11.8 Å². The standard InChI is InChI=1S/C14H14ClF3N2O5S/c1-2-7-26(21,22)20-12-13(24-6-5-23-12)25-11(14(16,17)18)9-3-4-10(15)19-8-9/h3-6,8,11,20H,2,7H2,1H3. The highest BCUT2D eigenvalue weighted by atomic mass is 35.5. The smallest absolute Gasteiger partial charge is 0.429 e. The minimum absolute atomic E-state index is 0.00193. The lowest BCUT2D eigenvalue weighted by Crippen LogP contribution is -2.31. The fourth-order valence-electron chi connectivity index (χ4n) is 1.87. The molecule has 0 saturated heterocycles. The van der Waals surface area contributed by atoms with Crippen LogP contribution in [0.1, 0.15) is 25.0 Å². The summed E-state index contributed by atoms with van der Waals surface area (Å²) in [5.74, 6) is -1.66. The van der Waals surface area contributed by atoms with Crippen molar-refractivity contribution in [3.05, 3.63) is 53.4 Å². The average molecular weight is 415 g/mol. The molecule has 2 heterocycles. The van der Waals surface area contributed by atoms with Gasteiger partial charge in [0.2, 0.25) is 16.1 Å². The van der Waals surface area contributed by atoms with E-state index in [-0.39, 0.29) is 22.9 Å². The normalized spacial score (nSPS) is 15.9. The summed E-state index contributed by atoms with van der Waals surface area (Å²) in [5, 5.41) is 0.00193. The Kier molecular flexibility index (Phi) is 6.24. The van der Waals surface area contributed by atoms with Crippen LogP contribution in [0, 0.1) is 0 Å². The monoisotopic (exact) mass is 414 g/mol. The lowest BCUT2D eigenvalue weighted by Gasteiger charge is -2.25. The van der Waals surface area contributed by atoms with E-state index in [1.165, 1.54) is 0 Å². The summed E-state index contributed by atoms with van der Waals surface area (Å²) in [6.07, 6.45) is -4.30. The van der Waals surface area contributed by atoms with E-state index in [0.29, 0.717) is 0 Å². The van der Waals surface area contributed by atoms with Gasteiger partial charge in [0.05, 0.1) is 5.75 Å². The van der Waals surface area contributed by atoms with Crippen molar-refractivity contribution in [3.8, 4) is 0 Å². The maximum atomic E-state index is 13.4. The third-order valence-electron chi connectivity index (χ3n) is 2.90. The van der Waals surface area contributed by atoms with Crippen molar-refractivity contribution in [2.24, 2.45) is 0 Å². The maximum absolute atomic E-state index is 13.4. The molecule has 2 rings (SSSR count). The average Bonchev–Trinajstić information content (AvgIpc) is 2.53. The van der Waals surface area contributed by atoms with Crippen molar-refractivity contribution >= 4 is 21.6 Å². The number of nitrogens with zero attached hydrogens (tertiary/aromatic N) is 1. The molecule has 1 aliphatic rings. The molecule has 0 saturated carbocycles. The summed E-state index contributed by atoms with van der Waals surface area (Å²) in [4.78, 5) is 3.58. The van der Waals surface area contributed by atoms with E-state index in [1.54, 1.807) is 6.92 Å². The van der Waals surface area contributed by atoms with Crippen molar-refractivity contribution in [1.29, 1.82) is 0 Å². The van der Waals surface area contributed by atoms with Crippen molar-refractivity contribution in [3.63, 3.8) is 0 Å². The highest BCUT2D eigenvalue weighted by Crippen LogP contribution is 2.38. The molecular weight excluding hydrogens is 401 g/mol. The molecule has 1 aliphatic heterocycles. The number of nitrogens with one attached hydrogen (secondary N) is 1. The van der Waals surface area contributed by atoms with Crippen molar-refractivity contribution in [2.45, 2.75) is 25.6 Å². The Labute approximate surface area is 152 Å². The van der Waals surface area contributed by atoms with Gasteiger partial charge in [-0.15, -0.1) is 0 Å². The molecule has 0 radical (unpaired) electrons. The number of aromatic nitrogens is 1. The van der Waals surface area contributed by atoms with Crippen molar-refractivity contribution in [1.82, 2.24) is 9.71 Å². The second-order valence-corrected chi connectivity index (χ2v) is 7.23. The van der Waals surface area contributed by atoms with Crippen molar-refractivity contribution < 1.29 is 35.8 Å². The van der Waals surface area contributed by atoms with E-state index in [1.807, 2.05) is 4.72 Å². The summed E-state index contributed by atoms with van der Waals surface area (Å²) < 4.78 is 80.4. The minimum Gasteiger partial charge on any atom is -0.443 e. The molecule has 12 heteroatoms. The molecule has 0 fully saturated rings. The Morgan fingerprint density at radius 2 is 2.00 bits per heavy atom. The molecule has 144 valence electrons. The van der Waals surface area contributed by atoms with E-state index < -0.39 is 34.1 Å². The number of sulfonamides is 1. The van der Waals surface area contributed by atoms with E-state index in [9.17, 15) is 21.6 Å². The number of alkyl halides is 3. The van der Waals surface area contributed by atoms with Gasteiger partial charge < -0.3 is 14.2 Å². The van der Waals surface area contributed by atoms with Gasteiger partial charge in [0.25, 0.3) is 5.88 Å². The van der Waals surface area contributed by atoms with Crippen LogP contribution in [0.25, 0.3) is 0 Å². The van der Waals surface area contributed by atoms with E-state index in [0.717, 1.165) is 30.9 Å². The first-order valence-electron chi connectivity index (χ1n) is 7.20. The second kappa shape index (κ2) is 8.04. The van der Waals surface area contributed by atoms with Crippen LogP contribution in [0.15, 0.2) is 42.7 Å². The number of halogens is 4. The highest BCUT2D eigenvalue weighted by molar-refractivity contribution is 7.89. The lowest BCUT2D eigenvalue weighted by atomic mass is 10.1. The first kappa shape index (κ1) is 20.2. The van der Waals surface area contributed by atoms with Crippen LogP contribution in [-0.2, 0) is 24.2 Å². The van der Waals surface area contributed by atoms with Crippen molar-refractivity contribution in [2.75, 3.05) is 5.75 Å². The Hall–Kier alpha value is -2.14. The van der Waals surface area contributed by atoms with Crippen LogP contribution in [0.5, 0.6) is 0 Å². The van der Waals surface area contributed by atoms with E-state index >= 15 is 0 Å². The highest BCUT2D eigenvalue weighted by Gasteiger charge is 2.45. The van der Waals surface area contributed by atoms with Crippen LogP contribution in [0.2, 0.25) is 5.15 Å². The largest absolute Gasteiger partial charge is 0.443 e. The van der Waals surface area contributed by atoms with E-state index in [4.69, 9.17) is 25.8 Å². The van der Waals surface area contributed by atoms with Crippen LogP contribution in [0.4, 0.5) is 13.2 Å². The molecule has 0 aliphatic carbocycles. The molecule has 0 bridgehead atoms. The molecule has 1 aromatic rings. The molecule has 0 spiro atoms. The zero-order valence-electron chi connectivity index (χ0n) is 13.3. The predicted molar refractivity (Wildman–Crippen MR) is 84.7 cm³/mol. The first-order valence-corrected chi connectivity index (χ1v) is 9.23. The summed E-state index contributed by atoms with van der Waals surface area (Å²) in [5.41, 5.74) is -0.358. The summed E-state index contributed by atoms with van der Waals surface area (Å²) in [7, 11) is -3.84. The molecule has 7 nitrogen and oxygen atoms in total. The van der Waals surface area contributed by atoms with Crippen LogP contribution < -0.4 is 4.72 Å². The second-order valence-electron chi connectivity index (χ2n) is 5.00. The number of hydrogen-bond donors (Lipinski definition) is 1. The van der Waals surface area contributed by atoms with Gasteiger partial charge in [-0.1, -0.05) is 24.6 Å². The molecule has 0 amide bonds. The molecule has 1 aromatic heterocycles. The Morgan fingerprint density at radius 3 is 2.58 bits per heavy atom. The molecule has 0 aromatic carbocycles. The van der Waals surface area contributed by atoms with Gasteiger partial charge in [0.1, 0.15) is 17.7 Å². The fourth-order valence-corrected chi connectivity index (χ4v) is 3.03. The minimum atomic E-state index is -4.85. The molecular formula is C14H14ClF3N2O5S. The third kappa shape index (κ3) is 5.43. The number of hydrogen-bond acceptors (Lipinski definition) is 6. The summed E-state index contributed by atoms with van der Waals surface area (Å²) >= 11 is 5.57. The number of pyridine rings is 1. The topological polar surface area (TPSA) is 86.8 Å². The van der Waals surface area contributed by atoms with Gasteiger partial charge >= 0.3 is 12.1 Å². The first-order chi connectivity index (χ1) is 12.1. The Bertz CT molecular complexity index is 794. The SMILES string of the molecule is CCCS(=O)(=O)NC1=C(OC(c2ccc(Cl)nc2)C(F)(F)F)OC=CO1. The van der Waals surface area contributed by atoms with Crippen LogP contribution >= 0.6 is 11.6 Å². The zero-order valence-corrected chi connectivity index (χ0v) is 14.9. The van der Waals surface area contributed by atoms with Gasteiger partial charge in [-0.2, -0.15) is 13.2 Å². The zero-order chi connectivity index (χ0) is 19.4. The molecule has 1 N–H and O–H groups in total. The van der Waals surface area contributed by atoms with Crippen LogP contribution in [0.3, 0.4) is 0 Å². The Morgan fingerprint density at radius 1 is 1.31 bits per heavy atom. The number of ether oxygens (including phenoxy) is 3. The fraction of sp³-hybridized carbons (Fsp3) is 0.357. The van der Waals surface area contributed by atoms with Gasteiger partial charge in [0.15, 0.2) is 0 Å². The Balaban J connectivity index is 2.33. The van der Waals surface area contributed by atoms with Gasteiger partial charge in [-0.25, -0.2) is 18.1 Å². The van der Waals surface area contributed by atoms with Crippen LogP contribution in [-0.4, -0.2) is 25.3 Å². The summed E-state index contributed by atoms with van der Waals surface area (Å²) in [6.45, 7) is 1.62. The quantitative estimate of drug-likeness (QED) is 0.689.